The fraction of sp³-hybridized carbons (Fsp3) is 0.769. The predicted molar refractivity (Wildman–Crippen MR) is 76.1 cm³/mol. The third-order valence-corrected chi connectivity index (χ3v) is 3.50. The van der Waals surface area contributed by atoms with Gasteiger partial charge in [0.25, 0.3) is 0 Å². The van der Waals surface area contributed by atoms with Crippen LogP contribution in [0.15, 0.2) is 0 Å². The lowest BCUT2D eigenvalue weighted by atomic mass is 10.1. The Kier molecular flexibility index (Phi) is 4.59. The molecule has 1 fully saturated rings. The molecule has 1 aliphatic rings. The third-order valence-electron chi connectivity index (χ3n) is 3.50. The number of nitrogens with zero attached hydrogens (tertiary/aromatic N) is 3. The average molecular weight is 282 g/mol. The molecule has 1 aromatic rings. The molecule has 1 aromatic heterocycles. The predicted octanol–water partition coefficient (Wildman–Crippen LogP) is 2.66. The Bertz CT molecular complexity index is 478. The van der Waals surface area contributed by atoms with Crippen LogP contribution in [0.25, 0.3) is 0 Å². The lowest BCUT2D eigenvalue weighted by Crippen LogP contribution is -2.28. The van der Waals surface area contributed by atoms with Crippen molar-refractivity contribution in [3.63, 3.8) is 0 Å². The van der Waals surface area contributed by atoms with Crippen molar-refractivity contribution in [1.29, 1.82) is 0 Å². The van der Waals surface area contributed by atoms with Gasteiger partial charge in [-0.25, -0.2) is 4.68 Å². The highest BCUT2D eigenvalue weighted by atomic mass is 16.6. The number of hydrogen-bond acceptors (Lipinski definition) is 5. The number of nitrogens with one attached hydrogen (secondary N) is 1. The lowest BCUT2D eigenvalue weighted by molar-refractivity contribution is -0.384. The summed E-state index contributed by atoms with van der Waals surface area (Å²) in [5.41, 5.74) is 0.505. The molecule has 1 atom stereocenters. The fourth-order valence-electron chi connectivity index (χ4n) is 2.47. The standard InChI is InChI=1S/C13H22N4O3/c1-9(2)16-13(12(17(18)19)10(3)15-16)14-8-11-6-4-5-7-20-11/h9,11,14H,4-8H2,1-3H3. The molecule has 1 unspecified atom stereocenters. The number of aryl methyl sites for hydroxylation is 1. The van der Waals surface area contributed by atoms with Crippen LogP contribution in [0.2, 0.25) is 0 Å². The van der Waals surface area contributed by atoms with E-state index >= 15 is 0 Å². The van der Waals surface area contributed by atoms with E-state index in [1.165, 1.54) is 0 Å². The first-order valence-corrected chi connectivity index (χ1v) is 7.09. The second-order valence-electron chi connectivity index (χ2n) is 5.45. The average Bonchev–Trinajstić information content (AvgIpc) is 2.74. The van der Waals surface area contributed by atoms with Gasteiger partial charge in [0.05, 0.1) is 11.0 Å². The van der Waals surface area contributed by atoms with Gasteiger partial charge < -0.3 is 10.1 Å². The molecule has 7 heteroatoms. The minimum absolute atomic E-state index is 0.0644. The molecular formula is C13H22N4O3. The van der Waals surface area contributed by atoms with Crippen LogP contribution in [0, 0.1) is 17.0 Å². The molecule has 0 saturated carbocycles. The van der Waals surface area contributed by atoms with E-state index in [1.54, 1.807) is 11.6 Å². The van der Waals surface area contributed by atoms with Crippen molar-refractivity contribution in [2.45, 2.75) is 52.2 Å². The van der Waals surface area contributed by atoms with Crippen LogP contribution < -0.4 is 5.32 Å². The van der Waals surface area contributed by atoms with Crippen molar-refractivity contribution < 1.29 is 9.66 Å². The maximum Gasteiger partial charge on any atom is 0.333 e. The molecular weight excluding hydrogens is 260 g/mol. The van der Waals surface area contributed by atoms with Crippen molar-refractivity contribution >= 4 is 11.5 Å². The summed E-state index contributed by atoms with van der Waals surface area (Å²) < 4.78 is 7.32. The minimum Gasteiger partial charge on any atom is -0.376 e. The number of rotatable bonds is 5. The molecule has 2 rings (SSSR count). The zero-order valence-corrected chi connectivity index (χ0v) is 12.3. The highest BCUT2D eigenvalue weighted by Crippen LogP contribution is 2.30. The van der Waals surface area contributed by atoms with Crippen molar-refractivity contribution in [3.8, 4) is 0 Å². The Morgan fingerprint density at radius 3 is 2.85 bits per heavy atom. The molecule has 0 amide bonds. The van der Waals surface area contributed by atoms with Crippen LogP contribution in [-0.2, 0) is 4.74 Å². The van der Waals surface area contributed by atoms with Crippen molar-refractivity contribution in [3.05, 3.63) is 15.8 Å². The first kappa shape index (κ1) is 14.8. The summed E-state index contributed by atoms with van der Waals surface area (Å²) in [5, 5.41) is 18.6. The van der Waals surface area contributed by atoms with E-state index in [0.717, 1.165) is 25.9 Å². The van der Waals surface area contributed by atoms with Gasteiger partial charge in [-0.15, -0.1) is 0 Å². The van der Waals surface area contributed by atoms with E-state index in [1.807, 2.05) is 13.8 Å². The maximum atomic E-state index is 11.2. The van der Waals surface area contributed by atoms with Gasteiger partial charge in [-0.2, -0.15) is 5.10 Å². The molecule has 112 valence electrons. The van der Waals surface area contributed by atoms with E-state index < -0.39 is 0 Å². The topological polar surface area (TPSA) is 82.2 Å². The molecule has 1 N–H and O–H groups in total. The summed E-state index contributed by atoms with van der Waals surface area (Å²) >= 11 is 0. The number of ether oxygens (including phenoxy) is 1. The molecule has 1 saturated heterocycles. The van der Waals surface area contributed by atoms with Crippen molar-refractivity contribution in [1.82, 2.24) is 9.78 Å². The summed E-state index contributed by atoms with van der Waals surface area (Å²) in [6, 6.07) is 0.0668. The zero-order chi connectivity index (χ0) is 14.7. The van der Waals surface area contributed by atoms with E-state index in [4.69, 9.17) is 4.74 Å². The molecule has 7 nitrogen and oxygen atoms in total. The van der Waals surface area contributed by atoms with Crippen LogP contribution in [-0.4, -0.2) is 34.0 Å². The Balaban J connectivity index is 2.17. The molecule has 1 aliphatic heterocycles. The zero-order valence-electron chi connectivity index (χ0n) is 12.3. The van der Waals surface area contributed by atoms with Crippen LogP contribution in [0.5, 0.6) is 0 Å². The second kappa shape index (κ2) is 6.21. The summed E-state index contributed by atoms with van der Waals surface area (Å²) in [7, 11) is 0. The molecule has 0 aliphatic carbocycles. The molecule has 0 spiro atoms. The van der Waals surface area contributed by atoms with Crippen molar-refractivity contribution in [2.24, 2.45) is 0 Å². The SMILES string of the molecule is Cc1nn(C(C)C)c(NCC2CCCCO2)c1[N+](=O)[O-]. The normalized spacial score (nSPS) is 19.3. The summed E-state index contributed by atoms with van der Waals surface area (Å²) in [6.07, 6.45) is 3.37. The van der Waals surface area contributed by atoms with Crippen molar-refractivity contribution in [2.75, 3.05) is 18.5 Å². The lowest BCUT2D eigenvalue weighted by Gasteiger charge is -2.23. The van der Waals surface area contributed by atoms with Gasteiger partial charge in [-0.1, -0.05) is 0 Å². The van der Waals surface area contributed by atoms with Gasteiger partial charge in [0.1, 0.15) is 5.69 Å². The molecule has 0 aromatic carbocycles. The number of hydrogen-bond donors (Lipinski definition) is 1. The van der Waals surface area contributed by atoms with Crippen LogP contribution >= 0.6 is 0 Å². The molecule has 0 radical (unpaired) electrons. The number of nitro groups is 1. The van der Waals surface area contributed by atoms with Gasteiger partial charge in [0.15, 0.2) is 0 Å². The number of anilines is 1. The molecule has 2 heterocycles. The summed E-state index contributed by atoms with van der Waals surface area (Å²) in [5.74, 6) is 0.483. The quantitative estimate of drug-likeness (QED) is 0.663. The Morgan fingerprint density at radius 1 is 1.55 bits per heavy atom. The Morgan fingerprint density at radius 2 is 2.30 bits per heavy atom. The Hall–Kier alpha value is -1.63. The van der Waals surface area contributed by atoms with Gasteiger partial charge in [-0.05, 0) is 40.0 Å². The highest BCUT2D eigenvalue weighted by Gasteiger charge is 2.27. The third kappa shape index (κ3) is 3.09. The molecule has 20 heavy (non-hydrogen) atoms. The van der Waals surface area contributed by atoms with E-state index in [0.29, 0.717) is 18.1 Å². The molecule has 0 bridgehead atoms. The number of aromatic nitrogens is 2. The largest absolute Gasteiger partial charge is 0.376 e. The Labute approximate surface area is 118 Å². The van der Waals surface area contributed by atoms with Gasteiger partial charge in [0, 0.05) is 19.2 Å². The highest BCUT2D eigenvalue weighted by molar-refractivity contribution is 5.59. The van der Waals surface area contributed by atoms with Crippen LogP contribution in [0.1, 0.15) is 44.8 Å². The van der Waals surface area contributed by atoms with Crippen LogP contribution in [0.3, 0.4) is 0 Å². The van der Waals surface area contributed by atoms with E-state index in [9.17, 15) is 10.1 Å². The van der Waals surface area contributed by atoms with E-state index in [-0.39, 0.29) is 22.8 Å². The first-order chi connectivity index (χ1) is 9.50. The summed E-state index contributed by atoms with van der Waals surface area (Å²) in [6.45, 7) is 6.94. The van der Waals surface area contributed by atoms with Gasteiger partial charge in [-0.3, -0.25) is 10.1 Å². The first-order valence-electron chi connectivity index (χ1n) is 7.09. The minimum atomic E-state index is -0.370. The summed E-state index contributed by atoms with van der Waals surface area (Å²) in [4.78, 5) is 10.8. The van der Waals surface area contributed by atoms with Crippen LogP contribution in [0.4, 0.5) is 11.5 Å². The fourth-order valence-corrected chi connectivity index (χ4v) is 2.47. The second-order valence-corrected chi connectivity index (χ2v) is 5.45. The smallest absolute Gasteiger partial charge is 0.333 e. The van der Waals surface area contributed by atoms with Gasteiger partial charge in [0.2, 0.25) is 5.82 Å². The van der Waals surface area contributed by atoms with Gasteiger partial charge >= 0.3 is 5.69 Å². The maximum absolute atomic E-state index is 11.2. The van der Waals surface area contributed by atoms with E-state index in [2.05, 4.69) is 10.4 Å². The monoisotopic (exact) mass is 282 g/mol.